The second kappa shape index (κ2) is 7.72. The van der Waals surface area contributed by atoms with Gasteiger partial charge in [-0.2, -0.15) is 4.98 Å². The fourth-order valence-electron chi connectivity index (χ4n) is 3.69. The zero-order valence-electron chi connectivity index (χ0n) is 15.6. The molecular weight excluding hydrogens is 380 g/mol. The summed E-state index contributed by atoms with van der Waals surface area (Å²) in [7, 11) is 0. The van der Waals surface area contributed by atoms with E-state index >= 15 is 0 Å². The summed E-state index contributed by atoms with van der Waals surface area (Å²) in [6.45, 7) is 8.71. The fraction of sp³-hybridized carbons (Fsp3) is 0.400. The second-order valence-electron chi connectivity index (χ2n) is 6.95. The highest BCUT2D eigenvalue weighted by atomic mass is 35.5. The number of hydrogen-bond acceptors (Lipinski definition) is 6. The van der Waals surface area contributed by atoms with Crippen LogP contribution in [0.3, 0.4) is 0 Å². The maximum Gasteiger partial charge on any atom is 0.225 e. The molecule has 2 aromatic heterocycles. The molecule has 0 spiro atoms. The van der Waals surface area contributed by atoms with Crippen molar-refractivity contribution in [2.45, 2.75) is 13.8 Å². The van der Waals surface area contributed by atoms with Gasteiger partial charge in [0.05, 0.1) is 12.0 Å². The number of thiophene rings is 1. The third kappa shape index (κ3) is 3.67. The number of aliphatic hydroxyl groups excluding tert-OH is 1. The molecular formula is C20H23ClN4OS. The monoisotopic (exact) mass is 402 g/mol. The van der Waals surface area contributed by atoms with Gasteiger partial charge in [0.15, 0.2) is 0 Å². The molecule has 27 heavy (non-hydrogen) atoms. The average molecular weight is 403 g/mol. The lowest BCUT2D eigenvalue weighted by molar-refractivity contribution is 0.188. The number of β-amino-alcohol motifs (C(OH)–C–C–N with tert-alkyl or cyclic N) is 1. The largest absolute Gasteiger partial charge is 0.395 e. The summed E-state index contributed by atoms with van der Waals surface area (Å²) in [5, 5.41) is 10.6. The molecule has 0 atom stereocenters. The van der Waals surface area contributed by atoms with Gasteiger partial charge in [-0.1, -0.05) is 29.8 Å². The summed E-state index contributed by atoms with van der Waals surface area (Å²) in [6, 6.07) is 8.62. The van der Waals surface area contributed by atoms with Gasteiger partial charge < -0.3 is 10.0 Å². The summed E-state index contributed by atoms with van der Waals surface area (Å²) in [4.78, 5) is 15.9. The van der Waals surface area contributed by atoms with E-state index in [4.69, 9.17) is 11.6 Å². The maximum absolute atomic E-state index is 9.17. The topological polar surface area (TPSA) is 52.5 Å². The summed E-state index contributed by atoms with van der Waals surface area (Å²) < 4.78 is 0. The minimum Gasteiger partial charge on any atom is -0.395 e. The van der Waals surface area contributed by atoms with Crippen molar-refractivity contribution in [2.75, 3.05) is 44.2 Å². The van der Waals surface area contributed by atoms with Crippen LogP contribution in [0.5, 0.6) is 0 Å². The molecule has 0 saturated carbocycles. The van der Waals surface area contributed by atoms with Crippen LogP contribution in [-0.2, 0) is 0 Å². The molecule has 1 saturated heterocycles. The third-order valence-electron chi connectivity index (χ3n) is 5.11. The molecule has 142 valence electrons. The fourth-order valence-corrected chi connectivity index (χ4v) is 4.94. The number of aryl methyl sites for hydroxylation is 2. The zero-order chi connectivity index (χ0) is 19.0. The molecule has 3 heterocycles. The first-order valence-electron chi connectivity index (χ1n) is 9.18. The highest BCUT2D eigenvalue weighted by molar-refractivity contribution is 7.19. The summed E-state index contributed by atoms with van der Waals surface area (Å²) in [5.74, 6) is 0.925. The summed E-state index contributed by atoms with van der Waals surface area (Å²) >= 11 is 7.94. The quantitative estimate of drug-likeness (QED) is 0.673. The van der Waals surface area contributed by atoms with Crippen LogP contribution >= 0.6 is 22.9 Å². The number of fused-ring (bicyclic) bond motifs is 1. The minimum absolute atomic E-state index is 0.199. The van der Waals surface area contributed by atoms with Gasteiger partial charge in [-0.3, -0.25) is 4.90 Å². The first kappa shape index (κ1) is 18.6. The summed E-state index contributed by atoms with van der Waals surface area (Å²) in [5.41, 5.74) is 3.64. The Morgan fingerprint density at radius 2 is 1.78 bits per heavy atom. The molecule has 1 aliphatic rings. The van der Waals surface area contributed by atoms with Gasteiger partial charge in [-0.25, -0.2) is 4.98 Å². The number of benzene rings is 1. The van der Waals surface area contributed by atoms with Crippen LogP contribution in [-0.4, -0.2) is 59.3 Å². The molecule has 0 unspecified atom stereocenters. The van der Waals surface area contributed by atoms with Crippen molar-refractivity contribution in [1.82, 2.24) is 14.9 Å². The molecule has 1 aliphatic heterocycles. The van der Waals surface area contributed by atoms with Gasteiger partial charge in [0.25, 0.3) is 0 Å². The van der Waals surface area contributed by atoms with E-state index in [1.165, 1.54) is 21.6 Å². The maximum atomic E-state index is 9.17. The molecule has 0 bridgehead atoms. The van der Waals surface area contributed by atoms with E-state index < -0.39 is 0 Å². The van der Waals surface area contributed by atoms with E-state index in [1.807, 2.05) is 0 Å². The lowest BCUT2D eigenvalue weighted by atomic mass is 10.0. The van der Waals surface area contributed by atoms with Crippen LogP contribution in [0.25, 0.3) is 21.3 Å². The molecule has 1 N–H and O–H groups in total. The lowest BCUT2D eigenvalue weighted by Crippen LogP contribution is -2.47. The van der Waals surface area contributed by atoms with Gasteiger partial charge in [0.1, 0.15) is 10.6 Å². The smallest absolute Gasteiger partial charge is 0.225 e. The SMILES string of the molecule is Cc1ccc(-c2c(C)sc3nc(Cl)nc(N4CCN(CCO)CC4)c23)cc1. The number of aromatic nitrogens is 2. The van der Waals surface area contributed by atoms with Gasteiger partial charge in [0.2, 0.25) is 5.28 Å². The summed E-state index contributed by atoms with van der Waals surface area (Å²) in [6.07, 6.45) is 0. The Morgan fingerprint density at radius 3 is 2.44 bits per heavy atom. The van der Waals surface area contributed by atoms with Crippen molar-refractivity contribution in [3.8, 4) is 11.1 Å². The van der Waals surface area contributed by atoms with Gasteiger partial charge in [-0.15, -0.1) is 11.3 Å². The van der Waals surface area contributed by atoms with E-state index in [0.717, 1.165) is 48.8 Å². The standard InChI is InChI=1S/C20H23ClN4OS/c1-13-3-5-15(6-4-13)16-14(2)27-19-17(16)18(22-20(21)23-19)25-9-7-24(8-10-25)11-12-26/h3-6,26H,7-12H2,1-2H3. The van der Waals surface area contributed by atoms with Gasteiger partial charge in [0, 0.05) is 43.2 Å². The number of hydrogen-bond donors (Lipinski definition) is 1. The molecule has 1 aromatic carbocycles. The van der Waals surface area contributed by atoms with Crippen molar-refractivity contribution in [2.24, 2.45) is 0 Å². The number of nitrogens with zero attached hydrogens (tertiary/aromatic N) is 4. The first-order chi connectivity index (χ1) is 13.1. The number of halogens is 1. The van der Waals surface area contributed by atoms with Gasteiger partial charge >= 0.3 is 0 Å². The Bertz CT molecular complexity index is 949. The number of anilines is 1. The normalized spacial score (nSPS) is 15.6. The molecule has 0 amide bonds. The highest BCUT2D eigenvalue weighted by Crippen LogP contribution is 2.42. The number of rotatable bonds is 4. The average Bonchev–Trinajstić information content (AvgIpc) is 2.98. The highest BCUT2D eigenvalue weighted by Gasteiger charge is 2.24. The van der Waals surface area contributed by atoms with Crippen LogP contribution in [0.15, 0.2) is 24.3 Å². The molecule has 0 aliphatic carbocycles. The van der Waals surface area contributed by atoms with E-state index in [1.54, 1.807) is 11.3 Å². The Labute approximate surface area is 168 Å². The Balaban J connectivity index is 1.80. The Morgan fingerprint density at radius 1 is 1.07 bits per heavy atom. The van der Waals surface area contributed by atoms with Crippen molar-refractivity contribution in [1.29, 1.82) is 0 Å². The van der Waals surface area contributed by atoms with Crippen LogP contribution in [0, 0.1) is 13.8 Å². The molecule has 7 heteroatoms. The third-order valence-corrected chi connectivity index (χ3v) is 6.28. The lowest BCUT2D eigenvalue weighted by Gasteiger charge is -2.35. The van der Waals surface area contributed by atoms with Crippen molar-refractivity contribution in [3.63, 3.8) is 0 Å². The molecule has 0 radical (unpaired) electrons. The predicted molar refractivity (Wildman–Crippen MR) is 113 cm³/mol. The van der Waals surface area contributed by atoms with Crippen LogP contribution in [0.2, 0.25) is 5.28 Å². The van der Waals surface area contributed by atoms with Crippen LogP contribution in [0.4, 0.5) is 5.82 Å². The van der Waals surface area contributed by atoms with E-state index in [0.29, 0.717) is 5.28 Å². The minimum atomic E-state index is 0.199. The molecule has 4 rings (SSSR count). The number of piperazine rings is 1. The second-order valence-corrected chi connectivity index (χ2v) is 8.49. The van der Waals surface area contributed by atoms with Crippen molar-refractivity contribution in [3.05, 3.63) is 40.0 Å². The molecule has 1 fully saturated rings. The van der Waals surface area contributed by atoms with Crippen molar-refractivity contribution >= 4 is 39.0 Å². The number of aliphatic hydroxyl groups is 1. The van der Waals surface area contributed by atoms with Crippen LogP contribution in [0.1, 0.15) is 10.4 Å². The van der Waals surface area contributed by atoms with Crippen molar-refractivity contribution < 1.29 is 5.11 Å². The van der Waals surface area contributed by atoms with E-state index in [2.05, 4.69) is 57.9 Å². The Kier molecular flexibility index (Phi) is 5.32. The molecule has 3 aromatic rings. The first-order valence-corrected chi connectivity index (χ1v) is 10.4. The Hall–Kier alpha value is -1.73. The zero-order valence-corrected chi connectivity index (χ0v) is 17.1. The molecule has 5 nitrogen and oxygen atoms in total. The van der Waals surface area contributed by atoms with Gasteiger partial charge in [-0.05, 0) is 31.0 Å². The predicted octanol–water partition coefficient (Wildman–Crippen LogP) is 3.74. The van der Waals surface area contributed by atoms with Crippen LogP contribution < -0.4 is 4.90 Å². The van der Waals surface area contributed by atoms with E-state index in [-0.39, 0.29) is 6.61 Å². The van der Waals surface area contributed by atoms with E-state index in [9.17, 15) is 5.11 Å².